The summed E-state index contributed by atoms with van der Waals surface area (Å²) >= 11 is 11.6. The fourth-order valence-corrected chi connectivity index (χ4v) is 4.24. The van der Waals surface area contributed by atoms with E-state index in [1.165, 1.54) is 0 Å². The molecule has 30 heteroatoms. The normalized spacial score (nSPS) is 13.1. The lowest BCUT2D eigenvalue weighted by atomic mass is 10.1. The minimum Gasteiger partial charge on any atom is -0.480 e. The van der Waals surface area contributed by atoms with E-state index in [0.29, 0.717) is 0 Å². The van der Waals surface area contributed by atoms with Crippen molar-refractivity contribution in [1.82, 2.24) is 31.9 Å². The number of aliphatic carboxylic acids is 6. The van der Waals surface area contributed by atoms with Crippen LogP contribution in [0.1, 0.15) is 38.5 Å². The minimum atomic E-state index is -1.22. The Bertz CT molecular complexity index is 1340. The number of hydrogen-bond donors (Lipinski definition) is 18. The van der Waals surface area contributed by atoms with Crippen molar-refractivity contribution in [1.29, 1.82) is 0 Å². The van der Waals surface area contributed by atoms with Crippen LogP contribution in [0.5, 0.6) is 0 Å². The Morgan fingerprint density at radius 2 is 0.600 bits per heavy atom. The van der Waals surface area contributed by atoms with Gasteiger partial charge in [-0.2, -0.15) is 37.9 Å². The van der Waals surface area contributed by atoms with Crippen molar-refractivity contribution < 1.29 is 88.2 Å². The summed E-state index contributed by atoms with van der Waals surface area (Å²) in [6, 6.07) is -6.45. The number of amides is 6. The summed E-state index contributed by atoms with van der Waals surface area (Å²) in [7, 11) is 0. The number of carboxylic acid groups (broad SMARTS) is 6. The monoisotopic (exact) mass is 921 g/mol. The van der Waals surface area contributed by atoms with Crippen LogP contribution in [0.2, 0.25) is 0 Å². The van der Waals surface area contributed by atoms with E-state index in [4.69, 9.17) is 47.8 Å². The second-order valence-electron chi connectivity index (χ2n) is 11.7. The molecule has 0 saturated heterocycles. The molecule has 0 aliphatic heterocycles. The van der Waals surface area contributed by atoms with E-state index in [1.807, 2.05) is 0 Å². The molecule has 0 bridgehead atoms. The van der Waals surface area contributed by atoms with Crippen LogP contribution in [0.3, 0.4) is 0 Å². The van der Waals surface area contributed by atoms with Gasteiger partial charge in [0.25, 0.3) is 0 Å². The summed E-state index contributed by atoms with van der Waals surface area (Å²) in [5.74, 6) is -11.1. The van der Waals surface area contributed by atoms with Gasteiger partial charge in [-0.25, -0.2) is 0 Å². The molecule has 0 aliphatic carbocycles. The standard InChI is InChI=1S/3C10H17N3O6S/c3*11-5(10(18)19)1-2-7(14)13-6(4-20)9(17)12-3-8(15)16/h3*5-6,20H,1-4,11H2,(H,12,17)(H,13,14)(H,15,16)(H,18,19)/t2*5-,6-;/m00./s1. The van der Waals surface area contributed by atoms with Crippen molar-refractivity contribution in [2.45, 2.75) is 74.8 Å². The lowest BCUT2D eigenvalue weighted by molar-refractivity contribution is -0.140. The zero-order valence-corrected chi connectivity index (χ0v) is 34.3. The maximum absolute atomic E-state index is 11.5. The Hall–Kier alpha value is -5.43. The van der Waals surface area contributed by atoms with Crippen LogP contribution < -0.4 is 49.1 Å². The Kier molecular flexibility index (Phi) is 32.8. The number of carbonyl (C=O) groups is 12. The summed E-state index contributed by atoms with van der Waals surface area (Å²) in [6.07, 6.45) is -0.705. The first-order chi connectivity index (χ1) is 27.8. The smallest absolute Gasteiger partial charge is 0.322 e. The van der Waals surface area contributed by atoms with Gasteiger partial charge in [0.1, 0.15) is 55.9 Å². The third kappa shape index (κ3) is 31.5. The molecule has 0 aromatic rings. The Balaban J connectivity index is -0.000000812. The number of hydrogen-bond acceptors (Lipinski definition) is 18. The van der Waals surface area contributed by atoms with Crippen LogP contribution in [0.4, 0.5) is 0 Å². The summed E-state index contributed by atoms with van der Waals surface area (Å²) < 4.78 is 0. The van der Waals surface area contributed by atoms with Gasteiger partial charge in [0.15, 0.2) is 0 Å². The van der Waals surface area contributed by atoms with Gasteiger partial charge in [0, 0.05) is 36.5 Å². The van der Waals surface area contributed by atoms with E-state index >= 15 is 0 Å². The first kappa shape index (κ1) is 58.9. The SMILES string of the molecule is NC(CCC(=O)NC(CS)C(=O)NCC(=O)O)C(=O)O.N[C@@H](CCC(=O)N[C@@H](CS)C(=O)NCC(=O)O)C(=O)O.N[C@@H](CCC(=O)N[C@@H](CS)C(=O)NCC(=O)O)C(=O)O. The van der Waals surface area contributed by atoms with Crippen molar-refractivity contribution in [2.24, 2.45) is 17.2 Å². The van der Waals surface area contributed by atoms with Gasteiger partial charge in [-0.1, -0.05) is 0 Å². The third-order valence-electron chi connectivity index (χ3n) is 6.74. The van der Waals surface area contributed by atoms with Crippen LogP contribution in [-0.2, 0) is 57.5 Å². The fourth-order valence-electron chi connectivity index (χ4n) is 3.47. The molecule has 0 aliphatic rings. The van der Waals surface area contributed by atoms with Gasteiger partial charge >= 0.3 is 35.8 Å². The number of nitrogens with one attached hydrogen (secondary N) is 6. The minimum absolute atomic E-state index is 0.0256. The molecule has 0 radical (unpaired) electrons. The summed E-state index contributed by atoms with van der Waals surface area (Å²) in [4.78, 5) is 131. The summed E-state index contributed by atoms with van der Waals surface area (Å²) in [6.45, 7) is -1.70. The number of rotatable bonds is 27. The van der Waals surface area contributed by atoms with E-state index < -0.39 is 127 Å². The fraction of sp³-hybridized carbons (Fsp3) is 0.600. The molecule has 0 heterocycles. The molecule has 0 aromatic heterocycles. The summed E-state index contributed by atoms with van der Waals surface area (Å²) in [5.41, 5.74) is 15.7. The van der Waals surface area contributed by atoms with Crippen LogP contribution in [0.25, 0.3) is 0 Å². The molecule has 0 rings (SSSR count). The van der Waals surface area contributed by atoms with Gasteiger partial charge < -0.3 is 79.7 Å². The number of carboxylic acids is 6. The molecule has 18 N–H and O–H groups in total. The molecule has 0 saturated carbocycles. The third-order valence-corrected chi connectivity index (χ3v) is 7.84. The largest absolute Gasteiger partial charge is 0.480 e. The van der Waals surface area contributed by atoms with Gasteiger partial charge in [0.05, 0.1) is 0 Å². The molecule has 2 unspecified atom stereocenters. The average Bonchev–Trinajstić information content (AvgIpc) is 3.18. The molecular weight excluding hydrogens is 871 g/mol. The van der Waals surface area contributed by atoms with Crippen molar-refractivity contribution in [2.75, 3.05) is 36.9 Å². The average molecular weight is 922 g/mol. The molecule has 27 nitrogen and oxygen atoms in total. The molecule has 60 heavy (non-hydrogen) atoms. The molecule has 0 fully saturated rings. The number of carbonyl (C=O) groups excluding carboxylic acids is 6. The zero-order valence-electron chi connectivity index (χ0n) is 31.6. The van der Waals surface area contributed by atoms with Crippen LogP contribution in [-0.4, -0.2) is 175 Å². The quantitative estimate of drug-likeness (QED) is 0.0341. The Morgan fingerprint density at radius 3 is 0.750 bits per heavy atom. The maximum Gasteiger partial charge on any atom is 0.322 e. The highest BCUT2D eigenvalue weighted by molar-refractivity contribution is 7.80. The predicted molar refractivity (Wildman–Crippen MR) is 214 cm³/mol. The van der Waals surface area contributed by atoms with E-state index in [1.54, 1.807) is 0 Å². The van der Waals surface area contributed by atoms with Crippen molar-refractivity contribution in [3.63, 3.8) is 0 Å². The Labute approximate surface area is 357 Å². The molecule has 342 valence electrons. The van der Waals surface area contributed by atoms with Gasteiger partial charge in [-0.15, -0.1) is 0 Å². The Morgan fingerprint density at radius 1 is 0.400 bits per heavy atom. The first-order valence-electron chi connectivity index (χ1n) is 17.0. The predicted octanol–water partition coefficient (Wildman–Crippen LogP) is -6.62. The van der Waals surface area contributed by atoms with Crippen LogP contribution >= 0.6 is 37.9 Å². The highest BCUT2D eigenvalue weighted by atomic mass is 32.1. The van der Waals surface area contributed by atoms with E-state index in [-0.39, 0.29) is 55.8 Å². The van der Waals surface area contributed by atoms with Crippen molar-refractivity contribution in [3.05, 3.63) is 0 Å². The molecule has 0 aromatic carbocycles. The zero-order chi connectivity index (χ0) is 47.1. The first-order valence-corrected chi connectivity index (χ1v) is 18.9. The molecule has 0 spiro atoms. The molecule has 6 amide bonds. The van der Waals surface area contributed by atoms with Crippen LogP contribution in [0, 0.1) is 0 Å². The van der Waals surface area contributed by atoms with Gasteiger partial charge in [-0.05, 0) is 19.3 Å². The number of thiol groups is 3. The maximum atomic E-state index is 11.5. The van der Waals surface area contributed by atoms with E-state index in [0.717, 1.165) is 0 Å². The van der Waals surface area contributed by atoms with E-state index in [2.05, 4.69) is 69.8 Å². The lowest BCUT2D eigenvalue weighted by Crippen LogP contribution is -2.49. The highest BCUT2D eigenvalue weighted by Gasteiger charge is 2.23. The van der Waals surface area contributed by atoms with Crippen molar-refractivity contribution in [3.8, 4) is 0 Å². The highest BCUT2D eigenvalue weighted by Crippen LogP contribution is 2.00. The van der Waals surface area contributed by atoms with Gasteiger partial charge in [-0.3, -0.25) is 57.5 Å². The van der Waals surface area contributed by atoms with Crippen LogP contribution in [0.15, 0.2) is 0 Å². The number of nitrogens with two attached hydrogens (primary N) is 3. The molecule has 6 atom stereocenters. The second kappa shape index (κ2) is 33.4. The van der Waals surface area contributed by atoms with E-state index in [9.17, 15) is 57.5 Å². The second-order valence-corrected chi connectivity index (χ2v) is 12.8. The topological polar surface area (TPSA) is 476 Å². The summed E-state index contributed by atoms with van der Waals surface area (Å²) in [5, 5.41) is 64.1. The molecular formula is C30H51N9O18S3. The lowest BCUT2D eigenvalue weighted by Gasteiger charge is -2.16. The van der Waals surface area contributed by atoms with Gasteiger partial charge in [0.2, 0.25) is 35.4 Å². The van der Waals surface area contributed by atoms with Crippen molar-refractivity contribution >= 4 is 109 Å².